The van der Waals surface area contributed by atoms with Crippen molar-refractivity contribution in [2.45, 2.75) is 31.0 Å². The lowest BCUT2D eigenvalue weighted by atomic mass is 9.96. The van der Waals surface area contributed by atoms with E-state index >= 15 is 0 Å². The molecule has 18 heavy (non-hydrogen) atoms. The Bertz CT molecular complexity index is 548. The van der Waals surface area contributed by atoms with E-state index in [0.717, 1.165) is 16.8 Å². The fraction of sp³-hybridized carbons (Fsp3) is 0.600. The Kier molecular flexibility index (Phi) is 3.11. The number of aliphatic hydroxyl groups is 3. The van der Waals surface area contributed by atoms with Crippen LogP contribution in [0.25, 0.3) is 0 Å². The second kappa shape index (κ2) is 4.32. The molecule has 0 saturated carbocycles. The minimum atomic E-state index is -1.75. The second-order valence-corrected chi connectivity index (χ2v) is 4.40. The molecule has 0 bridgehead atoms. The molecule has 8 nitrogen and oxygen atoms in total. The van der Waals surface area contributed by atoms with Gasteiger partial charge in [0, 0.05) is 12.3 Å². The van der Waals surface area contributed by atoms with Crippen molar-refractivity contribution < 1.29 is 20.1 Å². The highest BCUT2D eigenvalue weighted by atomic mass is 16.6. The number of nitrogens with one attached hydrogen (secondary N) is 1. The number of aliphatic hydroxyl groups excluding tert-OH is 2. The normalized spacial score (nSPS) is 35.9. The van der Waals surface area contributed by atoms with Gasteiger partial charge in [0.2, 0.25) is 0 Å². The molecular formula is C10H14N2O6. The largest absolute Gasteiger partial charge is 0.394 e. The summed E-state index contributed by atoms with van der Waals surface area (Å²) < 4.78 is 6.19. The van der Waals surface area contributed by atoms with E-state index < -0.39 is 41.9 Å². The summed E-state index contributed by atoms with van der Waals surface area (Å²) in [6.07, 6.45) is -2.36. The molecule has 8 heteroatoms. The van der Waals surface area contributed by atoms with Crippen LogP contribution in [0, 0.1) is 0 Å². The van der Waals surface area contributed by atoms with Crippen molar-refractivity contribution in [2.75, 3.05) is 6.61 Å². The lowest BCUT2D eigenvalue weighted by Crippen LogP contribution is -2.46. The van der Waals surface area contributed by atoms with Gasteiger partial charge >= 0.3 is 5.69 Å². The average Bonchev–Trinajstić information content (AvgIpc) is 2.52. The Balaban J connectivity index is 2.45. The maximum absolute atomic E-state index is 11.6. The Morgan fingerprint density at radius 2 is 2.22 bits per heavy atom. The standard InChI is InChI=1S/C10H14N2O6/c1-10(17)7(15)5(4-13)18-8(10)12-3-2-6(14)11-9(12)16/h2-3,5,7-8,13,15,17H,4H2,1H3,(H,11,14,16)/t5?,7?,8?,10-/m0/s1. The highest BCUT2D eigenvalue weighted by Gasteiger charge is 2.53. The number of ether oxygens (including phenoxy) is 1. The highest BCUT2D eigenvalue weighted by Crippen LogP contribution is 2.36. The van der Waals surface area contributed by atoms with E-state index in [1.165, 1.54) is 6.92 Å². The smallest absolute Gasteiger partial charge is 0.330 e. The van der Waals surface area contributed by atoms with E-state index in [1.54, 1.807) is 0 Å². The number of H-pyrrole nitrogens is 1. The minimum Gasteiger partial charge on any atom is -0.394 e. The number of nitrogens with zero attached hydrogens (tertiary/aromatic N) is 1. The van der Waals surface area contributed by atoms with Crippen molar-refractivity contribution in [3.63, 3.8) is 0 Å². The van der Waals surface area contributed by atoms with E-state index in [1.807, 2.05) is 4.98 Å². The summed E-state index contributed by atoms with van der Waals surface area (Å²) >= 11 is 0. The summed E-state index contributed by atoms with van der Waals surface area (Å²) in [4.78, 5) is 24.5. The minimum absolute atomic E-state index is 0.494. The molecule has 1 saturated heterocycles. The van der Waals surface area contributed by atoms with Gasteiger partial charge in [-0.1, -0.05) is 0 Å². The molecule has 1 aliphatic heterocycles. The summed E-state index contributed by atoms with van der Waals surface area (Å²) in [5.41, 5.74) is -3.10. The van der Waals surface area contributed by atoms with Crippen LogP contribution in [0.15, 0.2) is 21.9 Å². The maximum Gasteiger partial charge on any atom is 0.330 e. The Morgan fingerprint density at radius 3 is 2.72 bits per heavy atom. The van der Waals surface area contributed by atoms with E-state index in [4.69, 9.17) is 9.84 Å². The van der Waals surface area contributed by atoms with Gasteiger partial charge in [-0.05, 0) is 6.92 Å². The number of hydrogen-bond acceptors (Lipinski definition) is 6. The Morgan fingerprint density at radius 1 is 1.56 bits per heavy atom. The molecule has 100 valence electrons. The summed E-state index contributed by atoms with van der Waals surface area (Å²) in [6, 6.07) is 1.10. The summed E-state index contributed by atoms with van der Waals surface area (Å²) in [5.74, 6) is 0. The molecule has 0 aromatic carbocycles. The average molecular weight is 258 g/mol. The zero-order valence-electron chi connectivity index (χ0n) is 9.61. The van der Waals surface area contributed by atoms with Gasteiger partial charge in [-0.3, -0.25) is 14.3 Å². The number of hydrogen-bond donors (Lipinski definition) is 4. The lowest BCUT2D eigenvalue weighted by Gasteiger charge is -2.27. The van der Waals surface area contributed by atoms with Gasteiger partial charge < -0.3 is 20.1 Å². The van der Waals surface area contributed by atoms with Gasteiger partial charge in [-0.25, -0.2) is 4.79 Å². The molecule has 4 N–H and O–H groups in total. The predicted octanol–water partition coefficient (Wildman–Crippen LogP) is -2.46. The molecule has 2 rings (SSSR count). The number of rotatable bonds is 2. The van der Waals surface area contributed by atoms with Gasteiger partial charge in [0.25, 0.3) is 5.56 Å². The third-order valence-corrected chi connectivity index (χ3v) is 3.04. The number of aromatic nitrogens is 2. The van der Waals surface area contributed by atoms with Crippen molar-refractivity contribution >= 4 is 0 Å². The SMILES string of the molecule is C[C@]1(O)C(O)C(CO)OC1n1ccc(=O)[nH]c1=O. The van der Waals surface area contributed by atoms with Crippen LogP contribution in [0.3, 0.4) is 0 Å². The van der Waals surface area contributed by atoms with Crippen molar-refractivity contribution in [3.05, 3.63) is 33.1 Å². The van der Waals surface area contributed by atoms with Gasteiger partial charge in [0.15, 0.2) is 6.23 Å². The fourth-order valence-electron chi connectivity index (χ4n) is 2.00. The summed E-state index contributed by atoms with van der Waals surface area (Å²) in [5, 5.41) is 28.9. The first-order valence-electron chi connectivity index (χ1n) is 5.36. The van der Waals surface area contributed by atoms with Crippen molar-refractivity contribution in [2.24, 2.45) is 0 Å². The molecule has 1 aromatic rings. The zero-order valence-corrected chi connectivity index (χ0v) is 9.61. The van der Waals surface area contributed by atoms with E-state index in [9.17, 15) is 19.8 Å². The molecule has 2 heterocycles. The molecule has 1 aromatic heterocycles. The lowest BCUT2D eigenvalue weighted by molar-refractivity contribution is -0.0987. The third kappa shape index (κ3) is 1.89. The molecule has 0 radical (unpaired) electrons. The van der Waals surface area contributed by atoms with Crippen LogP contribution < -0.4 is 11.2 Å². The fourth-order valence-corrected chi connectivity index (χ4v) is 2.00. The first-order chi connectivity index (χ1) is 8.37. The van der Waals surface area contributed by atoms with Crippen molar-refractivity contribution in [1.29, 1.82) is 0 Å². The van der Waals surface area contributed by atoms with Crippen LogP contribution in [0.2, 0.25) is 0 Å². The topological polar surface area (TPSA) is 125 Å². The van der Waals surface area contributed by atoms with Crippen molar-refractivity contribution in [3.8, 4) is 0 Å². The van der Waals surface area contributed by atoms with E-state index in [2.05, 4.69) is 0 Å². The molecule has 0 amide bonds. The molecule has 1 aliphatic rings. The van der Waals surface area contributed by atoms with Gasteiger partial charge in [-0.2, -0.15) is 0 Å². The Labute approximate surface area is 101 Å². The molecule has 0 aliphatic carbocycles. The number of aromatic amines is 1. The van der Waals surface area contributed by atoms with Gasteiger partial charge in [0.05, 0.1) is 6.61 Å². The summed E-state index contributed by atoms with van der Waals surface area (Å²) in [7, 11) is 0. The van der Waals surface area contributed by atoms with Crippen molar-refractivity contribution in [1.82, 2.24) is 9.55 Å². The van der Waals surface area contributed by atoms with Crippen LogP contribution in [-0.4, -0.2) is 49.3 Å². The van der Waals surface area contributed by atoms with Gasteiger partial charge in [0.1, 0.15) is 17.8 Å². The van der Waals surface area contributed by atoms with E-state index in [0.29, 0.717) is 0 Å². The zero-order chi connectivity index (χ0) is 13.5. The molecule has 1 fully saturated rings. The first kappa shape index (κ1) is 13.0. The van der Waals surface area contributed by atoms with Crippen LogP contribution in [-0.2, 0) is 4.74 Å². The highest BCUT2D eigenvalue weighted by molar-refractivity contribution is 5.00. The quantitative estimate of drug-likeness (QED) is 0.466. The third-order valence-electron chi connectivity index (χ3n) is 3.04. The van der Waals surface area contributed by atoms with Crippen LogP contribution in [0.1, 0.15) is 13.2 Å². The molecule has 0 spiro atoms. The monoisotopic (exact) mass is 258 g/mol. The second-order valence-electron chi connectivity index (χ2n) is 4.40. The van der Waals surface area contributed by atoms with Crippen LogP contribution in [0.4, 0.5) is 0 Å². The summed E-state index contributed by atoms with van der Waals surface area (Å²) in [6.45, 7) is 0.793. The predicted molar refractivity (Wildman–Crippen MR) is 58.9 cm³/mol. The van der Waals surface area contributed by atoms with Crippen LogP contribution >= 0.6 is 0 Å². The Hall–Kier alpha value is -1.48. The molecular weight excluding hydrogens is 244 g/mol. The maximum atomic E-state index is 11.6. The first-order valence-corrected chi connectivity index (χ1v) is 5.36. The molecule has 4 atom stereocenters. The molecule has 3 unspecified atom stereocenters. The van der Waals surface area contributed by atoms with Gasteiger partial charge in [-0.15, -0.1) is 0 Å². The van der Waals surface area contributed by atoms with Crippen LogP contribution in [0.5, 0.6) is 0 Å². The van der Waals surface area contributed by atoms with E-state index in [-0.39, 0.29) is 0 Å².